The Morgan fingerprint density at radius 3 is 2.32 bits per heavy atom. The van der Waals surface area contributed by atoms with Crippen LogP contribution in [-0.2, 0) is 14.3 Å². The second kappa shape index (κ2) is 7.81. The highest BCUT2D eigenvalue weighted by atomic mass is 16.6. The zero-order valence-corrected chi connectivity index (χ0v) is 12.6. The molecule has 0 unspecified atom stereocenters. The van der Waals surface area contributed by atoms with Gasteiger partial charge in [-0.2, -0.15) is 0 Å². The number of esters is 1. The molecule has 0 aliphatic carbocycles. The fourth-order valence-corrected chi connectivity index (χ4v) is 1.33. The van der Waals surface area contributed by atoms with E-state index in [1.165, 1.54) is 13.2 Å². The molecular weight excluding hydrogens is 246 g/mol. The van der Waals surface area contributed by atoms with Crippen LogP contribution in [0, 0.1) is 5.92 Å². The van der Waals surface area contributed by atoms with Crippen LogP contribution in [0.1, 0.15) is 41.0 Å². The van der Waals surface area contributed by atoms with Crippen LogP contribution in [0.3, 0.4) is 0 Å². The highest BCUT2D eigenvalue weighted by Gasteiger charge is 2.21. The Morgan fingerprint density at radius 2 is 1.89 bits per heavy atom. The monoisotopic (exact) mass is 271 g/mol. The smallest absolute Gasteiger partial charge is 0.408 e. The molecule has 0 saturated carbocycles. The summed E-state index contributed by atoms with van der Waals surface area (Å²) in [5, 5.41) is 2.75. The van der Waals surface area contributed by atoms with Gasteiger partial charge in [0.05, 0.1) is 13.2 Å². The van der Waals surface area contributed by atoms with E-state index in [0.717, 1.165) is 6.42 Å². The first kappa shape index (κ1) is 17.5. The lowest BCUT2D eigenvalue weighted by Gasteiger charge is -2.25. The fourth-order valence-electron chi connectivity index (χ4n) is 1.33. The largest absolute Gasteiger partial charge is 0.466 e. The second-order valence-electron chi connectivity index (χ2n) is 5.44. The predicted octanol–water partition coefficient (Wildman–Crippen LogP) is 2.66. The quantitative estimate of drug-likeness (QED) is 0.616. The minimum atomic E-state index is -0.545. The molecule has 0 bridgehead atoms. The maximum Gasteiger partial charge on any atom is 0.408 e. The van der Waals surface area contributed by atoms with Gasteiger partial charge in [0, 0.05) is 6.08 Å². The number of nitrogens with one attached hydrogen (secondary N) is 1. The van der Waals surface area contributed by atoms with E-state index in [9.17, 15) is 9.59 Å². The highest BCUT2D eigenvalue weighted by Crippen LogP contribution is 2.12. The number of hydrogen-bond acceptors (Lipinski definition) is 4. The SMILES string of the molecule is CC[C@H](C)[C@@H](C=CC(=O)OC)NC(=O)OC(C)(C)C. The summed E-state index contributed by atoms with van der Waals surface area (Å²) in [6, 6.07) is -0.265. The van der Waals surface area contributed by atoms with Crippen LogP contribution in [0.15, 0.2) is 12.2 Å². The maximum atomic E-state index is 11.7. The van der Waals surface area contributed by atoms with Gasteiger partial charge in [-0.05, 0) is 26.7 Å². The Labute approximate surface area is 115 Å². The van der Waals surface area contributed by atoms with Crippen molar-refractivity contribution in [2.45, 2.75) is 52.7 Å². The summed E-state index contributed by atoms with van der Waals surface area (Å²) < 4.78 is 9.73. The summed E-state index contributed by atoms with van der Waals surface area (Å²) in [5.41, 5.74) is -0.545. The van der Waals surface area contributed by atoms with Crippen LogP contribution in [0.4, 0.5) is 4.79 Å². The first-order valence-electron chi connectivity index (χ1n) is 6.45. The molecule has 0 spiro atoms. The molecule has 0 aromatic rings. The number of carbonyl (C=O) groups excluding carboxylic acids is 2. The third kappa shape index (κ3) is 8.24. The van der Waals surface area contributed by atoms with Crippen LogP contribution in [0.2, 0.25) is 0 Å². The Kier molecular flexibility index (Phi) is 7.19. The normalized spacial score (nSPS) is 14.8. The number of rotatable bonds is 5. The molecule has 0 aliphatic rings. The molecular formula is C14H25NO4. The molecule has 0 aromatic heterocycles. The van der Waals surface area contributed by atoms with Gasteiger partial charge in [-0.15, -0.1) is 0 Å². The molecule has 5 nitrogen and oxygen atoms in total. The third-order valence-electron chi connectivity index (χ3n) is 2.58. The summed E-state index contributed by atoms with van der Waals surface area (Å²) in [6.45, 7) is 9.41. The van der Waals surface area contributed by atoms with Crippen molar-refractivity contribution in [1.82, 2.24) is 5.32 Å². The lowest BCUT2D eigenvalue weighted by Crippen LogP contribution is -2.41. The lowest BCUT2D eigenvalue weighted by atomic mass is 9.99. The van der Waals surface area contributed by atoms with E-state index in [1.54, 1.807) is 26.8 Å². The number of ether oxygens (including phenoxy) is 2. The molecule has 0 saturated heterocycles. The van der Waals surface area contributed by atoms with Gasteiger partial charge >= 0.3 is 12.1 Å². The number of methoxy groups -OCH3 is 1. The Hall–Kier alpha value is -1.52. The topological polar surface area (TPSA) is 64.6 Å². The van der Waals surface area contributed by atoms with Crippen molar-refractivity contribution in [2.24, 2.45) is 5.92 Å². The van der Waals surface area contributed by atoms with E-state index in [-0.39, 0.29) is 12.0 Å². The number of amides is 1. The van der Waals surface area contributed by atoms with Crippen LogP contribution in [0.25, 0.3) is 0 Å². The van der Waals surface area contributed by atoms with E-state index in [1.807, 2.05) is 13.8 Å². The van der Waals surface area contributed by atoms with Gasteiger partial charge in [0.15, 0.2) is 0 Å². The molecule has 1 N–H and O–H groups in total. The maximum absolute atomic E-state index is 11.7. The van der Waals surface area contributed by atoms with Crippen LogP contribution >= 0.6 is 0 Å². The summed E-state index contributed by atoms with van der Waals surface area (Å²) in [6.07, 6.45) is 3.32. The Bertz CT molecular complexity index is 331. The van der Waals surface area contributed by atoms with Crippen LogP contribution in [0.5, 0.6) is 0 Å². The van der Waals surface area contributed by atoms with Gasteiger partial charge in [-0.25, -0.2) is 9.59 Å². The Balaban J connectivity index is 4.65. The summed E-state index contributed by atoms with van der Waals surface area (Å²) in [4.78, 5) is 22.8. The molecule has 1 amide bonds. The number of hydrogen-bond donors (Lipinski definition) is 1. The zero-order chi connectivity index (χ0) is 15.1. The van der Waals surface area contributed by atoms with Gasteiger partial charge < -0.3 is 14.8 Å². The first-order chi connectivity index (χ1) is 8.69. The number of carbonyl (C=O) groups is 2. The van der Waals surface area contributed by atoms with E-state index in [4.69, 9.17) is 4.74 Å². The highest BCUT2D eigenvalue weighted by molar-refractivity contribution is 5.82. The third-order valence-corrected chi connectivity index (χ3v) is 2.58. The minimum Gasteiger partial charge on any atom is -0.466 e. The molecule has 0 fully saturated rings. The molecule has 0 heterocycles. The van der Waals surface area contributed by atoms with Crippen molar-refractivity contribution in [3.05, 3.63) is 12.2 Å². The van der Waals surface area contributed by atoms with Gasteiger partial charge in [-0.3, -0.25) is 0 Å². The average molecular weight is 271 g/mol. The van der Waals surface area contributed by atoms with E-state index >= 15 is 0 Å². The van der Waals surface area contributed by atoms with Crippen molar-refractivity contribution < 1.29 is 19.1 Å². The van der Waals surface area contributed by atoms with Crippen LogP contribution < -0.4 is 5.32 Å². The Morgan fingerprint density at radius 1 is 1.32 bits per heavy atom. The van der Waals surface area contributed by atoms with Gasteiger partial charge in [0.1, 0.15) is 5.60 Å². The first-order valence-corrected chi connectivity index (χ1v) is 6.45. The summed E-state index contributed by atoms with van der Waals surface area (Å²) >= 11 is 0. The van der Waals surface area contributed by atoms with E-state index < -0.39 is 17.7 Å². The average Bonchev–Trinajstić information content (AvgIpc) is 2.30. The molecule has 5 heteroatoms. The van der Waals surface area contributed by atoms with Crippen molar-refractivity contribution in [3.63, 3.8) is 0 Å². The molecule has 0 aliphatic heterocycles. The van der Waals surface area contributed by atoms with Gasteiger partial charge in [0.2, 0.25) is 0 Å². The summed E-state index contributed by atoms with van der Waals surface area (Å²) in [5.74, 6) is -0.257. The lowest BCUT2D eigenvalue weighted by molar-refractivity contribution is -0.134. The summed E-state index contributed by atoms with van der Waals surface area (Å²) in [7, 11) is 1.31. The molecule has 2 atom stereocenters. The number of alkyl carbamates (subject to hydrolysis) is 1. The van der Waals surface area contributed by atoms with Gasteiger partial charge in [0.25, 0.3) is 0 Å². The van der Waals surface area contributed by atoms with Crippen molar-refractivity contribution >= 4 is 12.1 Å². The minimum absolute atomic E-state index is 0.188. The molecule has 19 heavy (non-hydrogen) atoms. The van der Waals surface area contributed by atoms with E-state index in [0.29, 0.717) is 0 Å². The molecule has 0 aromatic carbocycles. The standard InChI is InChI=1S/C14H25NO4/c1-7-10(2)11(8-9-12(16)18-6)15-13(17)19-14(3,4)5/h8-11H,7H2,1-6H3,(H,15,17)/t10-,11+/m0/s1. The molecule has 0 rings (SSSR count). The van der Waals surface area contributed by atoms with Gasteiger partial charge in [-0.1, -0.05) is 26.3 Å². The van der Waals surface area contributed by atoms with Crippen molar-refractivity contribution in [2.75, 3.05) is 7.11 Å². The van der Waals surface area contributed by atoms with Crippen LogP contribution in [-0.4, -0.2) is 30.8 Å². The van der Waals surface area contributed by atoms with E-state index in [2.05, 4.69) is 10.1 Å². The second-order valence-corrected chi connectivity index (χ2v) is 5.44. The predicted molar refractivity (Wildman–Crippen MR) is 73.8 cm³/mol. The zero-order valence-electron chi connectivity index (χ0n) is 12.6. The molecule has 110 valence electrons. The van der Waals surface area contributed by atoms with Crippen molar-refractivity contribution in [1.29, 1.82) is 0 Å². The fraction of sp³-hybridized carbons (Fsp3) is 0.714. The van der Waals surface area contributed by atoms with Crippen molar-refractivity contribution in [3.8, 4) is 0 Å². The molecule has 0 radical (unpaired) electrons.